The van der Waals surface area contributed by atoms with Crippen molar-refractivity contribution in [2.24, 2.45) is 5.92 Å². The van der Waals surface area contributed by atoms with Gasteiger partial charge in [0.2, 0.25) is 0 Å². The molecule has 19 heavy (non-hydrogen) atoms. The summed E-state index contributed by atoms with van der Waals surface area (Å²) in [7, 11) is 2.03. The Morgan fingerprint density at radius 1 is 1.21 bits per heavy atom. The largest absolute Gasteiger partial charge is 0.490 e. The van der Waals surface area contributed by atoms with Crippen LogP contribution in [0.15, 0.2) is 25.6 Å². The smallest absolute Gasteiger partial charge is 0.147 e. The van der Waals surface area contributed by atoms with Crippen LogP contribution in [0.3, 0.4) is 0 Å². The molecule has 1 N–H and O–H groups in total. The Hall–Kier alpha value is 0.420. The van der Waals surface area contributed by atoms with E-state index in [4.69, 9.17) is 4.74 Å². The Morgan fingerprint density at radius 2 is 1.79 bits per heavy atom. The third-order valence-corrected chi connectivity index (χ3v) is 5.35. The summed E-state index contributed by atoms with van der Waals surface area (Å²) in [6.07, 6.45) is 5.35. The van der Waals surface area contributed by atoms with Crippen LogP contribution in [0.1, 0.15) is 25.7 Å². The number of rotatable bonds is 5. The Kier molecular flexibility index (Phi) is 6.18. The fourth-order valence-corrected chi connectivity index (χ4v) is 5.14. The highest BCUT2D eigenvalue weighted by atomic mass is 79.9. The lowest BCUT2D eigenvalue weighted by atomic mass is 9.99. The van der Waals surface area contributed by atoms with Gasteiger partial charge in [-0.15, -0.1) is 0 Å². The highest BCUT2D eigenvalue weighted by Crippen LogP contribution is 2.37. The summed E-state index contributed by atoms with van der Waals surface area (Å²) in [5.74, 6) is 1.62. The first-order valence-electron chi connectivity index (χ1n) is 6.56. The molecule has 1 aromatic rings. The van der Waals surface area contributed by atoms with Crippen molar-refractivity contribution in [3.8, 4) is 5.75 Å². The second-order valence-corrected chi connectivity index (χ2v) is 7.57. The van der Waals surface area contributed by atoms with Crippen molar-refractivity contribution in [1.82, 2.24) is 5.32 Å². The number of hydrogen-bond acceptors (Lipinski definition) is 2. The van der Waals surface area contributed by atoms with Gasteiger partial charge in [-0.1, -0.05) is 28.8 Å². The lowest BCUT2D eigenvalue weighted by Gasteiger charge is -2.23. The van der Waals surface area contributed by atoms with Crippen LogP contribution >= 0.6 is 47.8 Å². The lowest BCUT2D eigenvalue weighted by molar-refractivity contribution is 0.223. The summed E-state index contributed by atoms with van der Waals surface area (Å²) < 4.78 is 8.97. The topological polar surface area (TPSA) is 21.3 Å². The molecule has 0 bridgehead atoms. The maximum absolute atomic E-state index is 6.01. The Bertz CT molecular complexity index is 410. The molecule has 5 heteroatoms. The van der Waals surface area contributed by atoms with E-state index < -0.39 is 0 Å². The average molecular weight is 456 g/mol. The predicted molar refractivity (Wildman–Crippen MR) is 89.8 cm³/mol. The molecule has 106 valence electrons. The molecule has 1 atom stereocenters. The number of benzene rings is 1. The maximum atomic E-state index is 6.01. The number of likely N-dealkylation sites (N-methyl/N-ethyl adjacent to an activating group) is 1. The number of nitrogens with one attached hydrogen (secondary N) is 1. The van der Waals surface area contributed by atoms with Crippen LogP contribution in [-0.4, -0.2) is 19.7 Å². The Morgan fingerprint density at radius 3 is 2.32 bits per heavy atom. The minimum Gasteiger partial charge on any atom is -0.490 e. The standard InChI is InChI=1S/C14H18Br3NO/c1-18-13(9-4-2-3-5-9)8-19-14-11(16)6-10(15)7-12(14)17/h6-7,9,13,18H,2-5,8H2,1H3. The first-order chi connectivity index (χ1) is 9.11. The number of hydrogen-bond donors (Lipinski definition) is 1. The summed E-state index contributed by atoms with van der Waals surface area (Å²) in [6, 6.07) is 4.44. The molecule has 2 rings (SSSR count). The van der Waals surface area contributed by atoms with Gasteiger partial charge in [0.25, 0.3) is 0 Å². The molecule has 0 heterocycles. The SMILES string of the molecule is CNC(COc1c(Br)cc(Br)cc1Br)C1CCCC1. The van der Waals surface area contributed by atoms with Gasteiger partial charge in [0.05, 0.1) is 8.95 Å². The maximum Gasteiger partial charge on any atom is 0.147 e. The average Bonchev–Trinajstić information content (AvgIpc) is 2.86. The molecule has 0 spiro atoms. The van der Waals surface area contributed by atoms with Gasteiger partial charge in [0.15, 0.2) is 0 Å². The molecule has 1 saturated carbocycles. The van der Waals surface area contributed by atoms with E-state index in [0.717, 1.165) is 25.1 Å². The third kappa shape index (κ3) is 4.19. The van der Waals surface area contributed by atoms with E-state index in [1.807, 2.05) is 19.2 Å². The second kappa shape index (κ2) is 7.43. The van der Waals surface area contributed by atoms with Gasteiger partial charge in [0.1, 0.15) is 12.4 Å². The predicted octanol–water partition coefficient (Wildman–Crippen LogP) is 5.13. The molecule has 0 amide bonds. The molecule has 0 aliphatic heterocycles. The van der Waals surface area contributed by atoms with Crippen LogP contribution in [0.2, 0.25) is 0 Å². The molecular weight excluding hydrogens is 438 g/mol. The quantitative estimate of drug-likeness (QED) is 0.664. The van der Waals surface area contributed by atoms with Crippen molar-refractivity contribution in [3.63, 3.8) is 0 Å². The van der Waals surface area contributed by atoms with Gasteiger partial charge in [-0.3, -0.25) is 0 Å². The molecule has 1 aromatic carbocycles. The summed E-state index contributed by atoms with van der Waals surface area (Å²) in [5, 5.41) is 3.40. The van der Waals surface area contributed by atoms with Crippen LogP contribution in [0.25, 0.3) is 0 Å². The molecule has 0 radical (unpaired) electrons. The van der Waals surface area contributed by atoms with Gasteiger partial charge in [0, 0.05) is 10.5 Å². The summed E-state index contributed by atoms with van der Waals surface area (Å²) in [5.41, 5.74) is 0. The monoisotopic (exact) mass is 453 g/mol. The lowest BCUT2D eigenvalue weighted by Crippen LogP contribution is -2.37. The summed E-state index contributed by atoms with van der Waals surface area (Å²) >= 11 is 10.6. The molecule has 0 aromatic heterocycles. The second-order valence-electron chi connectivity index (χ2n) is 4.95. The summed E-state index contributed by atoms with van der Waals surface area (Å²) in [6.45, 7) is 0.708. The number of halogens is 3. The van der Waals surface area contributed by atoms with E-state index >= 15 is 0 Å². The summed E-state index contributed by atoms with van der Waals surface area (Å²) in [4.78, 5) is 0. The normalized spacial score (nSPS) is 17.7. The number of ether oxygens (including phenoxy) is 1. The van der Waals surface area contributed by atoms with Crippen LogP contribution < -0.4 is 10.1 Å². The van der Waals surface area contributed by atoms with Crippen molar-refractivity contribution in [2.75, 3.05) is 13.7 Å². The highest BCUT2D eigenvalue weighted by molar-refractivity contribution is 9.11. The molecule has 1 unspecified atom stereocenters. The van der Waals surface area contributed by atoms with Crippen molar-refractivity contribution < 1.29 is 4.74 Å². The Balaban J connectivity index is 2.01. The van der Waals surface area contributed by atoms with E-state index in [2.05, 4.69) is 53.1 Å². The van der Waals surface area contributed by atoms with Crippen molar-refractivity contribution in [1.29, 1.82) is 0 Å². The van der Waals surface area contributed by atoms with E-state index in [9.17, 15) is 0 Å². The first-order valence-corrected chi connectivity index (χ1v) is 8.94. The minimum atomic E-state index is 0.435. The molecular formula is C14H18Br3NO. The van der Waals surface area contributed by atoms with Crippen molar-refractivity contribution >= 4 is 47.8 Å². The van der Waals surface area contributed by atoms with Crippen LogP contribution in [0, 0.1) is 5.92 Å². The van der Waals surface area contributed by atoms with Gasteiger partial charge in [-0.05, 0) is 69.8 Å². The Labute approximate surface area is 140 Å². The molecule has 1 fully saturated rings. The van der Waals surface area contributed by atoms with Gasteiger partial charge in [-0.25, -0.2) is 0 Å². The highest BCUT2D eigenvalue weighted by Gasteiger charge is 2.24. The van der Waals surface area contributed by atoms with Gasteiger partial charge >= 0.3 is 0 Å². The zero-order valence-electron chi connectivity index (χ0n) is 10.9. The fourth-order valence-electron chi connectivity index (χ4n) is 2.65. The van der Waals surface area contributed by atoms with Crippen molar-refractivity contribution in [2.45, 2.75) is 31.7 Å². The zero-order valence-corrected chi connectivity index (χ0v) is 15.6. The van der Waals surface area contributed by atoms with Gasteiger partial charge < -0.3 is 10.1 Å². The van der Waals surface area contributed by atoms with E-state index in [-0.39, 0.29) is 0 Å². The first kappa shape index (κ1) is 15.8. The zero-order chi connectivity index (χ0) is 13.8. The van der Waals surface area contributed by atoms with E-state index in [0.29, 0.717) is 12.6 Å². The van der Waals surface area contributed by atoms with E-state index in [1.165, 1.54) is 25.7 Å². The van der Waals surface area contributed by atoms with Crippen LogP contribution in [0.5, 0.6) is 5.75 Å². The minimum absolute atomic E-state index is 0.435. The van der Waals surface area contributed by atoms with Crippen LogP contribution in [0.4, 0.5) is 0 Å². The van der Waals surface area contributed by atoms with E-state index in [1.54, 1.807) is 0 Å². The third-order valence-electron chi connectivity index (χ3n) is 3.71. The molecule has 2 nitrogen and oxygen atoms in total. The molecule has 1 aliphatic rings. The molecule has 0 saturated heterocycles. The van der Waals surface area contributed by atoms with Gasteiger partial charge in [-0.2, -0.15) is 0 Å². The fraction of sp³-hybridized carbons (Fsp3) is 0.571. The molecule has 1 aliphatic carbocycles. The van der Waals surface area contributed by atoms with Crippen molar-refractivity contribution in [3.05, 3.63) is 25.6 Å². The van der Waals surface area contributed by atoms with Crippen LogP contribution in [-0.2, 0) is 0 Å².